The Balaban J connectivity index is 1.74. The van der Waals surface area contributed by atoms with E-state index in [9.17, 15) is 4.79 Å². The first-order valence-electron chi connectivity index (χ1n) is 9.39. The highest BCUT2D eigenvalue weighted by molar-refractivity contribution is 6.99. The molecule has 0 N–H and O–H groups in total. The highest BCUT2D eigenvalue weighted by Gasteiger charge is 2.58. The molecule has 0 bridgehead atoms. The highest BCUT2D eigenvalue weighted by Crippen LogP contribution is 2.49. The van der Waals surface area contributed by atoms with Gasteiger partial charge in [-0.15, -0.1) is 0 Å². The fraction of sp³-hybridized carbons (Fsp3) is 0.409. The molecule has 3 nitrogen and oxygen atoms in total. The summed E-state index contributed by atoms with van der Waals surface area (Å²) in [4.78, 5) is 11.8. The lowest BCUT2D eigenvalue weighted by atomic mass is 10.2. The molecule has 2 fully saturated rings. The van der Waals surface area contributed by atoms with Crippen molar-refractivity contribution in [1.29, 1.82) is 0 Å². The van der Waals surface area contributed by atoms with Gasteiger partial charge in [-0.1, -0.05) is 81.4 Å². The minimum atomic E-state index is -2.54. The van der Waals surface area contributed by atoms with Gasteiger partial charge >= 0.3 is 5.97 Å². The number of carbonyl (C=O) groups excluding carboxylic acids is 1. The van der Waals surface area contributed by atoms with Crippen LogP contribution in [0.25, 0.3) is 0 Å². The topological polar surface area (TPSA) is 35.5 Å². The Morgan fingerprint density at radius 2 is 1.54 bits per heavy atom. The van der Waals surface area contributed by atoms with Crippen LogP contribution in [-0.2, 0) is 14.0 Å². The van der Waals surface area contributed by atoms with Crippen LogP contribution >= 0.6 is 0 Å². The van der Waals surface area contributed by atoms with Gasteiger partial charge in [0.15, 0.2) is 0 Å². The van der Waals surface area contributed by atoms with Crippen molar-refractivity contribution in [3.63, 3.8) is 0 Å². The van der Waals surface area contributed by atoms with E-state index in [0.717, 1.165) is 6.42 Å². The molecule has 0 aromatic heterocycles. The predicted octanol–water partition coefficient (Wildman–Crippen LogP) is 3.12. The summed E-state index contributed by atoms with van der Waals surface area (Å²) in [7, 11) is -2.54. The van der Waals surface area contributed by atoms with Gasteiger partial charge in [-0.3, -0.25) is 4.79 Å². The highest BCUT2D eigenvalue weighted by atomic mass is 28.4. The summed E-state index contributed by atoms with van der Waals surface area (Å²) in [5.41, 5.74) is 0. The van der Waals surface area contributed by atoms with Gasteiger partial charge in [0, 0.05) is 5.92 Å². The number of cyclic esters (lactones) is 1. The van der Waals surface area contributed by atoms with Crippen molar-refractivity contribution >= 4 is 24.7 Å². The average molecular weight is 367 g/mol. The van der Waals surface area contributed by atoms with E-state index in [2.05, 4.69) is 69.3 Å². The maximum absolute atomic E-state index is 11.8. The van der Waals surface area contributed by atoms with Crippen LogP contribution in [0.1, 0.15) is 27.2 Å². The molecule has 4 rings (SSSR count). The van der Waals surface area contributed by atoms with Crippen LogP contribution < -0.4 is 10.4 Å². The van der Waals surface area contributed by atoms with Gasteiger partial charge in [0.2, 0.25) is 0 Å². The summed E-state index contributed by atoms with van der Waals surface area (Å²) in [6, 6.07) is 21.2. The van der Waals surface area contributed by atoms with Gasteiger partial charge in [0.25, 0.3) is 8.32 Å². The predicted molar refractivity (Wildman–Crippen MR) is 105 cm³/mol. The number of hydrogen-bond donors (Lipinski definition) is 0. The summed E-state index contributed by atoms with van der Waals surface area (Å²) in [5.74, 6) is 0.453. The number of hydrogen-bond acceptors (Lipinski definition) is 3. The molecule has 1 aliphatic carbocycles. The number of ether oxygens (including phenoxy) is 1. The van der Waals surface area contributed by atoms with Crippen LogP contribution in [0.15, 0.2) is 60.7 Å². The zero-order chi connectivity index (χ0) is 18.4. The maximum atomic E-state index is 11.8. The third kappa shape index (κ3) is 2.81. The van der Waals surface area contributed by atoms with Crippen LogP contribution in [0.5, 0.6) is 0 Å². The smallest absolute Gasteiger partial charge is 0.309 e. The van der Waals surface area contributed by atoms with E-state index < -0.39 is 8.32 Å². The fourth-order valence-corrected chi connectivity index (χ4v) is 8.92. The second kappa shape index (κ2) is 6.36. The molecule has 26 heavy (non-hydrogen) atoms. The van der Waals surface area contributed by atoms with Crippen molar-refractivity contribution in [3.05, 3.63) is 60.7 Å². The van der Waals surface area contributed by atoms with E-state index in [-0.39, 0.29) is 23.0 Å². The van der Waals surface area contributed by atoms with E-state index >= 15 is 0 Å². The number of rotatable bonds is 5. The molecular weight excluding hydrogens is 340 g/mol. The largest absolute Gasteiger partial charge is 0.459 e. The quantitative estimate of drug-likeness (QED) is 0.602. The van der Waals surface area contributed by atoms with E-state index in [0.29, 0.717) is 12.5 Å². The molecular formula is C22H26O3Si. The van der Waals surface area contributed by atoms with Gasteiger partial charge in [-0.2, -0.15) is 0 Å². The fourth-order valence-electron chi connectivity index (χ4n) is 4.35. The molecule has 1 saturated carbocycles. The standard InChI is InChI=1S/C22H26O3Si/c1-22(2,3)26(16-10-6-4-7-11-16,17-12-8-5-9-13-17)24-15-20-18-14-19(18)21(23)25-20/h4-13,18-20H,14-15H2,1-3H3/t18-,19+,20+/m0/s1. The molecule has 2 aromatic carbocycles. The van der Waals surface area contributed by atoms with Crippen LogP contribution in [0.3, 0.4) is 0 Å². The van der Waals surface area contributed by atoms with E-state index in [1.165, 1.54) is 10.4 Å². The minimum Gasteiger partial charge on any atom is -0.459 e. The number of fused-ring (bicyclic) bond motifs is 1. The van der Waals surface area contributed by atoms with Crippen LogP contribution in [0.4, 0.5) is 0 Å². The minimum absolute atomic E-state index is 0.0361. The molecule has 2 aliphatic rings. The SMILES string of the molecule is CC(C)(C)[Si](OC[C@H]1OC(=O)[C@@H]2C[C@H]12)(c1ccccc1)c1ccccc1. The number of carbonyl (C=O) groups is 1. The summed E-state index contributed by atoms with van der Waals surface area (Å²) in [6.45, 7) is 7.28. The zero-order valence-corrected chi connectivity index (χ0v) is 16.6. The summed E-state index contributed by atoms with van der Waals surface area (Å²) < 4.78 is 12.4. The molecule has 3 atom stereocenters. The molecule has 0 radical (unpaired) electrons. The van der Waals surface area contributed by atoms with E-state index in [1.54, 1.807) is 0 Å². The lowest BCUT2D eigenvalue weighted by Gasteiger charge is -2.43. The lowest BCUT2D eigenvalue weighted by molar-refractivity contribution is -0.146. The molecule has 4 heteroatoms. The Hall–Kier alpha value is -1.91. The Morgan fingerprint density at radius 1 is 1.00 bits per heavy atom. The average Bonchev–Trinajstić information content (AvgIpc) is 3.37. The molecule has 1 saturated heterocycles. The van der Waals surface area contributed by atoms with Crippen molar-refractivity contribution in [2.75, 3.05) is 6.61 Å². The Morgan fingerprint density at radius 3 is 1.92 bits per heavy atom. The Kier molecular flexibility index (Phi) is 4.28. The lowest BCUT2D eigenvalue weighted by Crippen LogP contribution is -2.67. The van der Waals surface area contributed by atoms with Gasteiger partial charge in [0.1, 0.15) is 6.10 Å². The van der Waals surface area contributed by atoms with Gasteiger partial charge in [-0.25, -0.2) is 0 Å². The summed E-state index contributed by atoms with van der Waals surface area (Å²) in [6.07, 6.45) is 0.877. The second-order valence-corrected chi connectivity index (χ2v) is 12.8. The van der Waals surface area contributed by atoms with Gasteiger partial charge in [0.05, 0.1) is 12.5 Å². The zero-order valence-electron chi connectivity index (χ0n) is 15.6. The van der Waals surface area contributed by atoms with Crippen LogP contribution in [0.2, 0.25) is 5.04 Å². The van der Waals surface area contributed by atoms with Crippen molar-refractivity contribution < 1.29 is 14.0 Å². The molecule has 1 heterocycles. The number of benzene rings is 2. The van der Waals surface area contributed by atoms with Crippen LogP contribution in [0, 0.1) is 11.8 Å². The monoisotopic (exact) mass is 366 g/mol. The van der Waals surface area contributed by atoms with Crippen molar-refractivity contribution in [3.8, 4) is 0 Å². The van der Waals surface area contributed by atoms with Crippen molar-refractivity contribution in [1.82, 2.24) is 0 Å². The Bertz CT molecular complexity index is 743. The van der Waals surface area contributed by atoms with Crippen molar-refractivity contribution in [2.45, 2.75) is 38.3 Å². The molecule has 1 aliphatic heterocycles. The maximum Gasteiger partial charge on any atom is 0.309 e. The Labute approximate surface area is 156 Å². The molecule has 136 valence electrons. The second-order valence-electron chi connectivity index (χ2n) is 8.46. The number of esters is 1. The van der Waals surface area contributed by atoms with Crippen molar-refractivity contribution in [2.24, 2.45) is 11.8 Å². The molecule has 0 amide bonds. The first kappa shape index (κ1) is 17.5. The third-order valence-electron chi connectivity index (χ3n) is 5.77. The first-order valence-corrected chi connectivity index (χ1v) is 11.3. The first-order chi connectivity index (χ1) is 12.4. The van der Waals surface area contributed by atoms with E-state index in [4.69, 9.17) is 9.16 Å². The summed E-state index contributed by atoms with van der Waals surface area (Å²) in [5, 5.41) is 2.46. The van der Waals surface area contributed by atoms with Gasteiger partial charge < -0.3 is 9.16 Å². The normalized spacial score (nSPS) is 24.9. The molecule has 0 spiro atoms. The third-order valence-corrected chi connectivity index (χ3v) is 10.8. The molecule has 0 unspecified atom stereocenters. The summed E-state index contributed by atoms with van der Waals surface area (Å²) >= 11 is 0. The van der Waals surface area contributed by atoms with E-state index in [1.807, 2.05) is 12.1 Å². The van der Waals surface area contributed by atoms with Crippen LogP contribution in [-0.4, -0.2) is 27.0 Å². The van der Waals surface area contributed by atoms with Gasteiger partial charge in [-0.05, 0) is 21.8 Å². The molecule has 2 aromatic rings.